The van der Waals surface area contributed by atoms with E-state index in [2.05, 4.69) is 5.32 Å². The fourth-order valence-corrected chi connectivity index (χ4v) is 3.01. The second-order valence-corrected chi connectivity index (χ2v) is 5.88. The zero-order valence-corrected chi connectivity index (χ0v) is 13.7. The smallest absolute Gasteiger partial charge is 0.321 e. The molecule has 0 spiro atoms. The number of carbonyl (C=O) groups excluding carboxylic acids is 3. The molecule has 3 amide bonds. The Kier molecular flexibility index (Phi) is 5.54. The van der Waals surface area contributed by atoms with Crippen LogP contribution in [0.15, 0.2) is 24.3 Å². The van der Waals surface area contributed by atoms with Crippen molar-refractivity contribution in [2.45, 2.75) is 44.1 Å². The molecule has 0 radical (unpaired) electrons. The first kappa shape index (κ1) is 17.9. The summed E-state index contributed by atoms with van der Waals surface area (Å²) < 4.78 is 19.5. The summed E-state index contributed by atoms with van der Waals surface area (Å²) in [6.45, 7) is 1.38. The minimum Gasteiger partial charge on any atom is -0.452 e. The van der Waals surface area contributed by atoms with E-state index in [0.717, 1.165) is 12.8 Å². The predicted octanol–water partition coefficient (Wildman–Crippen LogP) is 2.02. The standard InChI is InChI=1S/C17H21FN2O4/c1-11(14(21)20-16(23)19-2)24-15(22)17(9-5-6-10-17)12-7-3-4-8-13(12)18/h3-4,7-8,11H,5-6,9-10H2,1-2H3,(H2,19,20,21,23)/t11-/m0/s1. The van der Waals surface area contributed by atoms with Gasteiger partial charge < -0.3 is 10.1 Å². The van der Waals surface area contributed by atoms with E-state index in [1.54, 1.807) is 18.2 Å². The van der Waals surface area contributed by atoms with E-state index < -0.39 is 35.2 Å². The third kappa shape index (κ3) is 3.55. The molecule has 1 aliphatic rings. The minimum atomic E-state index is -1.15. The van der Waals surface area contributed by atoms with E-state index in [0.29, 0.717) is 18.4 Å². The van der Waals surface area contributed by atoms with Crippen molar-refractivity contribution < 1.29 is 23.5 Å². The van der Waals surface area contributed by atoms with Crippen molar-refractivity contribution in [3.63, 3.8) is 0 Å². The number of imide groups is 1. The summed E-state index contributed by atoms with van der Waals surface area (Å²) in [4.78, 5) is 35.7. The first-order valence-electron chi connectivity index (χ1n) is 7.89. The summed E-state index contributed by atoms with van der Waals surface area (Å²) in [6.07, 6.45) is 1.34. The number of rotatable bonds is 4. The molecule has 1 atom stereocenters. The van der Waals surface area contributed by atoms with Crippen LogP contribution in [0.5, 0.6) is 0 Å². The maximum absolute atomic E-state index is 14.2. The van der Waals surface area contributed by atoms with Crippen LogP contribution in [0.1, 0.15) is 38.2 Å². The molecule has 1 aromatic carbocycles. The maximum atomic E-state index is 14.2. The molecular weight excluding hydrogens is 315 g/mol. The lowest BCUT2D eigenvalue weighted by atomic mass is 9.78. The number of hydrogen-bond acceptors (Lipinski definition) is 4. The highest BCUT2D eigenvalue weighted by Crippen LogP contribution is 2.43. The number of carbonyl (C=O) groups is 3. The van der Waals surface area contributed by atoms with Gasteiger partial charge in [-0.25, -0.2) is 9.18 Å². The number of benzene rings is 1. The molecule has 2 N–H and O–H groups in total. The third-order valence-corrected chi connectivity index (χ3v) is 4.35. The zero-order valence-electron chi connectivity index (χ0n) is 13.7. The van der Waals surface area contributed by atoms with Crippen molar-refractivity contribution in [1.29, 1.82) is 0 Å². The van der Waals surface area contributed by atoms with E-state index in [4.69, 9.17) is 4.74 Å². The predicted molar refractivity (Wildman–Crippen MR) is 84.7 cm³/mol. The summed E-state index contributed by atoms with van der Waals surface area (Å²) >= 11 is 0. The first-order chi connectivity index (χ1) is 11.4. The third-order valence-electron chi connectivity index (χ3n) is 4.35. The lowest BCUT2D eigenvalue weighted by molar-refractivity contribution is -0.160. The highest BCUT2D eigenvalue weighted by Gasteiger charge is 2.46. The van der Waals surface area contributed by atoms with Crippen molar-refractivity contribution in [2.75, 3.05) is 7.05 Å². The van der Waals surface area contributed by atoms with Crippen LogP contribution in [0.4, 0.5) is 9.18 Å². The monoisotopic (exact) mass is 336 g/mol. The highest BCUT2D eigenvalue weighted by atomic mass is 19.1. The number of halogens is 1. The van der Waals surface area contributed by atoms with Gasteiger partial charge in [-0.3, -0.25) is 14.9 Å². The minimum absolute atomic E-state index is 0.298. The molecular formula is C17H21FN2O4. The van der Waals surface area contributed by atoms with Crippen LogP contribution < -0.4 is 10.6 Å². The summed E-state index contributed by atoms with van der Waals surface area (Å²) in [6, 6.07) is 5.44. The molecule has 7 heteroatoms. The topological polar surface area (TPSA) is 84.5 Å². The number of nitrogens with one attached hydrogen (secondary N) is 2. The van der Waals surface area contributed by atoms with Crippen molar-refractivity contribution in [3.05, 3.63) is 35.6 Å². The van der Waals surface area contributed by atoms with Crippen LogP contribution in [-0.4, -0.2) is 31.1 Å². The average molecular weight is 336 g/mol. The number of amides is 3. The van der Waals surface area contributed by atoms with Crippen LogP contribution in [0.25, 0.3) is 0 Å². The Balaban J connectivity index is 2.17. The molecule has 1 saturated carbocycles. The second kappa shape index (κ2) is 7.42. The summed E-state index contributed by atoms with van der Waals surface area (Å²) in [7, 11) is 1.37. The Labute approximate surface area is 139 Å². The number of urea groups is 1. The molecule has 130 valence electrons. The molecule has 0 aromatic heterocycles. The van der Waals surface area contributed by atoms with E-state index in [1.165, 1.54) is 20.0 Å². The van der Waals surface area contributed by atoms with Crippen LogP contribution in [0.3, 0.4) is 0 Å². The average Bonchev–Trinajstić information content (AvgIpc) is 3.05. The van der Waals surface area contributed by atoms with Crippen molar-refractivity contribution in [3.8, 4) is 0 Å². The molecule has 0 aliphatic heterocycles. The van der Waals surface area contributed by atoms with Gasteiger partial charge in [0.2, 0.25) is 0 Å². The van der Waals surface area contributed by atoms with Gasteiger partial charge in [-0.05, 0) is 25.8 Å². The van der Waals surface area contributed by atoms with Gasteiger partial charge in [0.05, 0.1) is 5.41 Å². The van der Waals surface area contributed by atoms with Crippen LogP contribution in [0, 0.1) is 5.82 Å². The van der Waals surface area contributed by atoms with Gasteiger partial charge in [0.25, 0.3) is 5.91 Å². The maximum Gasteiger partial charge on any atom is 0.321 e. The van der Waals surface area contributed by atoms with Crippen LogP contribution in [-0.2, 0) is 19.7 Å². The Morgan fingerprint density at radius 1 is 1.21 bits per heavy atom. The van der Waals surface area contributed by atoms with E-state index in [-0.39, 0.29) is 0 Å². The summed E-state index contributed by atoms with van der Waals surface area (Å²) in [5.41, 5.74) is -0.779. The molecule has 6 nitrogen and oxygen atoms in total. The molecule has 0 bridgehead atoms. The molecule has 2 rings (SSSR count). The SMILES string of the molecule is CNC(=O)NC(=O)[C@H](C)OC(=O)C1(c2ccccc2F)CCCC1. The number of esters is 1. The van der Waals surface area contributed by atoms with E-state index in [1.807, 2.05) is 5.32 Å². The van der Waals surface area contributed by atoms with Gasteiger partial charge in [-0.2, -0.15) is 0 Å². The van der Waals surface area contributed by atoms with Crippen LogP contribution >= 0.6 is 0 Å². The number of ether oxygens (including phenoxy) is 1. The summed E-state index contributed by atoms with van der Waals surface area (Å²) in [5.74, 6) is -1.83. The van der Waals surface area contributed by atoms with Gasteiger partial charge >= 0.3 is 12.0 Å². The van der Waals surface area contributed by atoms with Gasteiger partial charge in [0.15, 0.2) is 6.10 Å². The fraction of sp³-hybridized carbons (Fsp3) is 0.471. The van der Waals surface area contributed by atoms with Gasteiger partial charge in [0.1, 0.15) is 5.82 Å². The van der Waals surface area contributed by atoms with Crippen molar-refractivity contribution in [2.24, 2.45) is 0 Å². The quantitative estimate of drug-likeness (QED) is 0.824. The van der Waals surface area contributed by atoms with E-state index >= 15 is 0 Å². The molecule has 0 heterocycles. The van der Waals surface area contributed by atoms with Crippen molar-refractivity contribution in [1.82, 2.24) is 10.6 Å². The molecule has 24 heavy (non-hydrogen) atoms. The fourth-order valence-electron chi connectivity index (χ4n) is 3.01. The highest BCUT2D eigenvalue weighted by molar-refractivity contribution is 5.97. The Hall–Kier alpha value is -2.44. The first-order valence-corrected chi connectivity index (χ1v) is 7.89. The molecule has 0 unspecified atom stereocenters. The molecule has 1 fully saturated rings. The van der Waals surface area contributed by atoms with Gasteiger partial charge in [0, 0.05) is 12.6 Å². The second-order valence-electron chi connectivity index (χ2n) is 5.88. The van der Waals surface area contributed by atoms with Crippen molar-refractivity contribution >= 4 is 17.9 Å². The normalized spacial score (nSPS) is 17.0. The lowest BCUT2D eigenvalue weighted by Gasteiger charge is -2.29. The molecule has 1 aromatic rings. The van der Waals surface area contributed by atoms with Gasteiger partial charge in [-0.1, -0.05) is 31.0 Å². The van der Waals surface area contributed by atoms with E-state index in [9.17, 15) is 18.8 Å². The number of hydrogen-bond donors (Lipinski definition) is 2. The summed E-state index contributed by atoms with van der Waals surface area (Å²) in [5, 5.41) is 4.29. The van der Waals surface area contributed by atoms with Crippen LogP contribution in [0.2, 0.25) is 0 Å². The Bertz CT molecular complexity index is 641. The lowest BCUT2D eigenvalue weighted by Crippen LogP contribution is -2.46. The largest absolute Gasteiger partial charge is 0.452 e. The Morgan fingerprint density at radius 2 is 1.83 bits per heavy atom. The molecule has 1 aliphatic carbocycles. The molecule has 0 saturated heterocycles. The van der Waals surface area contributed by atoms with Gasteiger partial charge in [-0.15, -0.1) is 0 Å². The Morgan fingerprint density at radius 3 is 2.42 bits per heavy atom. The zero-order chi connectivity index (χ0) is 17.7.